The fourth-order valence-electron chi connectivity index (χ4n) is 0.762. The number of rotatable bonds is 0. The van der Waals surface area contributed by atoms with Crippen LogP contribution >= 0.6 is 23.2 Å². The highest BCUT2D eigenvalue weighted by molar-refractivity contribution is 7.91. The lowest BCUT2D eigenvalue weighted by molar-refractivity contribution is 0.602. The summed E-state index contributed by atoms with van der Waals surface area (Å²) < 4.78 is 21.4. The summed E-state index contributed by atoms with van der Waals surface area (Å²) in [5, 5.41) is -0.784. The molecule has 0 aromatic rings. The van der Waals surface area contributed by atoms with Gasteiger partial charge in [0.1, 0.15) is 0 Å². The minimum Gasteiger partial charge on any atom is -0.229 e. The Kier molecular flexibility index (Phi) is 1.94. The lowest BCUT2D eigenvalue weighted by Gasteiger charge is -1.97. The first-order chi connectivity index (χ1) is 4.01. The quantitative estimate of drug-likeness (QED) is 0.523. The van der Waals surface area contributed by atoms with Crippen LogP contribution in [-0.4, -0.2) is 30.7 Å². The molecule has 1 aliphatic rings. The van der Waals surface area contributed by atoms with Crippen molar-refractivity contribution in [3.63, 3.8) is 0 Å². The molecule has 0 spiro atoms. The van der Waals surface area contributed by atoms with Crippen LogP contribution in [0.4, 0.5) is 0 Å². The molecule has 9 heavy (non-hydrogen) atoms. The number of hydrogen-bond acceptors (Lipinski definition) is 2. The number of halogens is 2. The lowest BCUT2D eigenvalue weighted by atomic mass is 10.4. The number of alkyl halides is 2. The zero-order valence-corrected chi connectivity index (χ0v) is 6.88. The molecule has 0 bridgehead atoms. The van der Waals surface area contributed by atoms with Crippen molar-refractivity contribution in [2.75, 3.05) is 11.5 Å². The first-order valence-corrected chi connectivity index (χ1v) is 5.19. The van der Waals surface area contributed by atoms with E-state index in [-0.39, 0.29) is 11.5 Å². The van der Waals surface area contributed by atoms with Gasteiger partial charge in [-0.2, -0.15) is 0 Å². The average molecular weight is 189 g/mol. The van der Waals surface area contributed by atoms with Crippen molar-refractivity contribution in [1.82, 2.24) is 0 Å². The molecule has 0 unspecified atom stereocenters. The third-order valence-electron chi connectivity index (χ3n) is 1.22. The van der Waals surface area contributed by atoms with Crippen LogP contribution in [-0.2, 0) is 9.84 Å². The zero-order chi connectivity index (χ0) is 7.07. The van der Waals surface area contributed by atoms with E-state index in [2.05, 4.69) is 0 Å². The Morgan fingerprint density at radius 2 is 1.44 bits per heavy atom. The van der Waals surface area contributed by atoms with Gasteiger partial charge in [-0.15, -0.1) is 23.2 Å². The van der Waals surface area contributed by atoms with Crippen LogP contribution < -0.4 is 0 Å². The molecular weight excluding hydrogens is 183 g/mol. The summed E-state index contributed by atoms with van der Waals surface area (Å²) in [5.74, 6) is 0.0610. The molecule has 0 aliphatic carbocycles. The summed E-state index contributed by atoms with van der Waals surface area (Å²) in [6.45, 7) is 0. The SMILES string of the molecule is O=S1(=O)C[C@@H](Cl)[C@H](Cl)C1. The van der Waals surface area contributed by atoms with Crippen molar-refractivity contribution >= 4 is 33.0 Å². The van der Waals surface area contributed by atoms with Gasteiger partial charge in [-0.1, -0.05) is 0 Å². The van der Waals surface area contributed by atoms with E-state index in [0.29, 0.717) is 0 Å². The maximum atomic E-state index is 10.7. The molecule has 0 amide bonds. The molecule has 5 heteroatoms. The predicted molar refractivity (Wildman–Crippen MR) is 37.9 cm³/mol. The van der Waals surface area contributed by atoms with Crippen LogP contribution in [0.1, 0.15) is 0 Å². The summed E-state index contributed by atoms with van der Waals surface area (Å²) in [6, 6.07) is 0. The molecule has 1 aliphatic heterocycles. The Morgan fingerprint density at radius 3 is 1.56 bits per heavy atom. The standard InChI is InChI=1S/C4H6Cl2O2S/c5-3-1-9(7,8)2-4(3)6/h3-4H,1-2H2/t3-,4-/m1/s1. The highest BCUT2D eigenvalue weighted by Gasteiger charge is 2.34. The van der Waals surface area contributed by atoms with E-state index in [0.717, 1.165) is 0 Å². The zero-order valence-electron chi connectivity index (χ0n) is 4.55. The first-order valence-electron chi connectivity index (χ1n) is 2.50. The second-order valence-corrected chi connectivity index (χ2v) is 5.38. The second kappa shape index (κ2) is 2.29. The van der Waals surface area contributed by atoms with Crippen LogP contribution in [0.3, 0.4) is 0 Å². The van der Waals surface area contributed by atoms with Gasteiger partial charge in [0, 0.05) is 0 Å². The predicted octanol–water partition coefficient (Wildman–Crippen LogP) is 0.630. The van der Waals surface area contributed by atoms with Gasteiger partial charge in [-0.3, -0.25) is 0 Å². The van der Waals surface area contributed by atoms with Gasteiger partial charge in [-0.25, -0.2) is 8.42 Å². The normalized spacial score (nSPS) is 41.1. The smallest absolute Gasteiger partial charge is 0.153 e. The molecule has 0 N–H and O–H groups in total. The Balaban J connectivity index is 2.77. The summed E-state index contributed by atoms with van der Waals surface area (Å²) in [4.78, 5) is 0. The van der Waals surface area contributed by atoms with Gasteiger partial charge in [0.2, 0.25) is 0 Å². The van der Waals surface area contributed by atoms with E-state index in [9.17, 15) is 8.42 Å². The largest absolute Gasteiger partial charge is 0.229 e. The van der Waals surface area contributed by atoms with Crippen molar-refractivity contribution in [2.45, 2.75) is 10.8 Å². The minimum absolute atomic E-state index is 0.0305. The Labute approximate surface area is 64.1 Å². The molecule has 1 fully saturated rings. The number of sulfone groups is 1. The lowest BCUT2D eigenvalue weighted by Crippen LogP contribution is -2.09. The van der Waals surface area contributed by atoms with Crippen molar-refractivity contribution in [2.24, 2.45) is 0 Å². The van der Waals surface area contributed by atoms with Gasteiger partial charge in [-0.05, 0) is 0 Å². The molecular formula is C4H6Cl2O2S. The third-order valence-corrected chi connectivity index (χ3v) is 4.36. The van der Waals surface area contributed by atoms with E-state index < -0.39 is 20.6 Å². The Bertz CT molecular complexity index is 183. The van der Waals surface area contributed by atoms with Gasteiger partial charge in [0.15, 0.2) is 9.84 Å². The maximum Gasteiger partial charge on any atom is 0.153 e. The molecule has 2 nitrogen and oxygen atoms in total. The van der Waals surface area contributed by atoms with Gasteiger partial charge < -0.3 is 0 Å². The Hall–Kier alpha value is 0.530. The van der Waals surface area contributed by atoms with Gasteiger partial charge >= 0.3 is 0 Å². The van der Waals surface area contributed by atoms with E-state index in [1.54, 1.807) is 0 Å². The monoisotopic (exact) mass is 188 g/mol. The summed E-state index contributed by atoms with van der Waals surface area (Å²) in [5.41, 5.74) is 0. The summed E-state index contributed by atoms with van der Waals surface area (Å²) >= 11 is 11.1. The highest BCUT2D eigenvalue weighted by Crippen LogP contribution is 2.22. The Morgan fingerprint density at radius 1 is 1.11 bits per heavy atom. The van der Waals surface area contributed by atoms with E-state index in [4.69, 9.17) is 23.2 Å². The van der Waals surface area contributed by atoms with Crippen LogP contribution in [0, 0.1) is 0 Å². The van der Waals surface area contributed by atoms with Crippen LogP contribution in [0.5, 0.6) is 0 Å². The molecule has 0 saturated carbocycles. The van der Waals surface area contributed by atoms with Crippen LogP contribution in [0.15, 0.2) is 0 Å². The maximum absolute atomic E-state index is 10.7. The van der Waals surface area contributed by atoms with Crippen molar-refractivity contribution < 1.29 is 8.42 Å². The van der Waals surface area contributed by atoms with Crippen molar-refractivity contribution in [3.05, 3.63) is 0 Å². The number of hydrogen-bond donors (Lipinski definition) is 0. The first kappa shape index (κ1) is 7.63. The minimum atomic E-state index is -2.91. The second-order valence-electron chi connectivity index (χ2n) is 2.11. The van der Waals surface area contributed by atoms with E-state index in [1.807, 2.05) is 0 Å². The average Bonchev–Trinajstić information content (AvgIpc) is 1.79. The molecule has 54 valence electrons. The molecule has 1 saturated heterocycles. The molecule has 1 heterocycles. The van der Waals surface area contributed by atoms with E-state index in [1.165, 1.54) is 0 Å². The van der Waals surface area contributed by atoms with Crippen LogP contribution in [0.25, 0.3) is 0 Å². The topological polar surface area (TPSA) is 34.1 Å². The molecule has 0 aromatic heterocycles. The fourth-order valence-corrected chi connectivity index (χ4v) is 3.87. The van der Waals surface area contributed by atoms with Gasteiger partial charge in [0.05, 0.1) is 22.3 Å². The molecule has 0 radical (unpaired) electrons. The van der Waals surface area contributed by atoms with E-state index >= 15 is 0 Å². The highest BCUT2D eigenvalue weighted by atomic mass is 35.5. The van der Waals surface area contributed by atoms with Gasteiger partial charge in [0.25, 0.3) is 0 Å². The van der Waals surface area contributed by atoms with Crippen LogP contribution in [0.2, 0.25) is 0 Å². The fraction of sp³-hybridized carbons (Fsp3) is 1.00. The van der Waals surface area contributed by atoms with Crippen molar-refractivity contribution in [3.8, 4) is 0 Å². The molecule has 1 rings (SSSR count). The third kappa shape index (κ3) is 1.72. The van der Waals surface area contributed by atoms with Crippen molar-refractivity contribution in [1.29, 1.82) is 0 Å². The summed E-state index contributed by atoms with van der Waals surface area (Å²) in [7, 11) is -2.91. The summed E-state index contributed by atoms with van der Waals surface area (Å²) in [6.07, 6.45) is 0. The molecule has 0 aromatic carbocycles. The molecule has 2 atom stereocenters.